The van der Waals surface area contributed by atoms with E-state index in [1.807, 2.05) is 13.8 Å². The van der Waals surface area contributed by atoms with Crippen molar-refractivity contribution in [2.24, 2.45) is 5.73 Å². The lowest BCUT2D eigenvalue weighted by Crippen LogP contribution is -2.58. The molecule has 3 atom stereocenters. The molecule has 0 bridgehead atoms. The van der Waals surface area contributed by atoms with E-state index >= 15 is 0 Å². The Labute approximate surface area is 119 Å². The van der Waals surface area contributed by atoms with Crippen LogP contribution in [0.5, 0.6) is 0 Å². The maximum absolute atomic E-state index is 13.1. The summed E-state index contributed by atoms with van der Waals surface area (Å²) in [5, 5.41) is 2.89. The van der Waals surface area contributed by atoms with Crippen molar-refractivity contribution >= 4 is 5.91 Å². The Morgan fingerprint density at radius 1 is 1.45 bits per heavy atom. The molecule has 3 N–H and O–H groups in total. The highest BCUT2D eigenvalue weighted by atomic mass is 19.1. The third-order valence-corrected chi connectivity index (χ3v) is 3.83. The molecule has 0 radical (unpaired) electrons. The van der Waals surface area contributed by atoms with Gasteiger partial charge >= 0.3 is 0 Å². The number of amides is 1. The Bertz CT molecular complexity index is 461. The number of halogens is 1. The van der Waals surface area contributed by atoms with Crippen LogP contribution in [0, 0.1) is 5.82 Å². The third-order valence-electron chi connectivity index (χ3n) is 3.83. The van der Waals surface area contributed by atoms with Crippen LogP contribution in [0.2, 0.25) is 0 Å². The lowest BCUT2D eigenvalue weighted by molar-refractivity contribution is -0.130. The molecule has 1 heterocycles. The molecule has 0 spiro atoms. The van der Waals surface area contributed by atoms with Crippen LogP contribution in [0.1, 0.15) is 31.9 Å². The van der Waals surface area contributed by atoms with Gasteiger partial charge in [-0.15, -0.1) is 0 Å². The molecule has 1 aliphatic rings. The monoisotopic (exact) mass is 279 g/mol. The van der Waals surface area contributed by atoms with Crippen LogP contribution >= 0.6 is 0 Å². The molecule has 1 aromatic rings. The third kappa shape index (κ3) is 2.99. The Balaban J connectivity index is 2.32. The molecule has 1 aliphatic heterocycles. The van der Waals surface area contributed by atoms with E-state index < -0.39 is 0 Å². The molecule has 4 nitrogen and oxygen atoms in total. The normalized spacial score (nSPS) is 23.2. The smallest absolute Gasteiger partial charge is 0.237 e. The minimum absolute atomic E-state index is 0.0477. The summed E-state index contributed by atoms with van der Waals surface area (Å²) in [6, 6.07) is 5.99. The van der Waals surface area contributed by atoms with Gasteiger partial charge in [0.1, 0.15) is 5.82 Å². The van der Waals surface area contributed by atoms with Crippen molar-refractivity contribution in [2.45, 2.75) is 38.4 Å². The van der Waals surface area contributed by atoms with Gasteiger partial charge in [-0.25, -0.2) is 4.39 Å². The second-order valence-corrected chi connectivity index (χ2v) is 5.31. The largest absolute Gasteiger partial charge is 0.353 e. The molecule has 110 valence electrons. The van der Waals surface area contributed by atoms with Crippen molar-refractivity contribution in [1.29, 1.82) is 0 Å². The Morgan fingerprint density at radius 3 is 2.65 bits per heavy atom. The minimum Gasteiger partial charge on any atom is -0.353 e. The summed E-state index contributed by atoms with van der Waals surface area (Å²) < 4.78 is 13.1. The SMILES string of the molecule is CCC1C(=O)NCCN1C(c1ccc(F)cc1)C(C)N. The molecule has 1 saturated heterocycles. The first-order valence-electron chi connectivity index (χ1n) is 7.09. The van der Waals surface area contributed by atoms with Gasteiger partial charge < -0.3 is 11.1 Å². The van der Waals surface area contributed by atoms with Crippen LogP contribution in [0.3, 0.4) is 0 Å². The lowest BCUT2D eigenvalue weighted by Gasteiger charge is -2.42. The summed E-state index contributed by atoms with van der Waals surface area (Å²) in [6.07, 6.45) is 0.732. The van der Waals surface area contributed by atoms with Crippen molar-refractivity contribution in [2.75, 3.05) is 13.1 Å². The lowest BCUT2D eigenvalue weighted by atomic mass is 9.95. The van der Waals surface area contributed by atoms with Crippen LogP contribution in [-0.2, 0) is 4.79 Å². The van der Waals surface area contributed by atoms with E-state index in [1.165, 1.54) is 12.1 Å². The number of nitrogens with zero attached hydrogens (tertiary/aromatic N) is 1. The average molecular weight is 279 g/mol. The second kappa shape index (κ2) is 6.33. The van der Waals surface area contributed by atoms with Gasteiger partial charge in [-0.3, -0.25) is 9.69 Å². The van der Waals surface area contributed by atoms with E-state index in [1.54, 1.807) is 12.1 Å². The van der Waals surface area contributed by atoms with Crippen LogP contribution in [-0.4, -0.2) is 36.0 Å². The first-order chi connectivity index (χ1) is 9.54. The van der Waals surface area contributed by atoms with Crippen molar-refractivity contribution in [1.82, 2.24) is 10.2 Å². The summed E-state index contributed by atoms with van der Waals surface area (Å²) in [6.45, 7) is 5.30. The van der Waals surface area contributed by atoms with Crippen LogP contribution in [0.15, 0.2) is 24.3 Å². The summed E-state index contributed by atoms with van der Waals surface area (Å²) in [7, 11) is 0. The van der Waals surface area contributed by atoms with Crippen LogP contribution in [0.4, 0.5) is 4.39 Å². The molecular formula is C15H22FN3O. The van der Waals surface area contributed by atoms with Gasteiger partial charge in [-0.05, 0) is 31.0 Å². The molecule has 20 heavy (non-hydrogen) atoms. The van der Waals surface area contributed by atoms with Crippen LogP contribution in [0.25, 0.3) is 0 Å². The average Bonchev–Trinajstić information content (AvgIpc) is 2.41. The second-order valence-electron chi connectivity index (χ2n) is 5.31. The first kappa shape index (κ1) is 14.9. The number of carbonyl (C=O) groups is 1. The standard InChI is InChI=1S/C15H22FN3O/c1-3-13-15(20)18-8-9-19(13)14(10(2)17)11-4-6-12(16)7-5-11/h4-7,10,13-14H,3,8-9,17H2,1-2H3,(H,18,20). The van der Waals surface area contributed by atoms with Gasteiger partial charge in [-0.1, -0.05) is 19.1 Å². The predicted octanol–water partition coefficient (Wildman–Crippen LogP) is 1.42. The molecule has 1 fully saturated rings. The zero-order valence-electron chi connectivity index (χ0n) is 12.0. The predicted molar refractivity (Wildman–Crippen MR) is 76.6 cm³/mol. The van der Waals surface area contributed by atoms with Gasteiger partial charge in [0.05, 0.1) is 12.1 Å². The van der Waals surface area contributed by atoms with Gasteiger partial charge in [0, 0.05) is 19.1 Å². The highest BCUT2D eigenvalue weighted by molar-refractivity contribution is 5.82. The molecule has 2 rings (SSSR count). The minimum atomic E-state index is -0.263. The fourth-order valence-electron chi connectivity index (χ4n) is 2.94. The molecule has 0 aliphatic carbocycles. The first-order valence-corrected chi connectivity index (χ1v) is 7.09. The van der Waals surface area contributed by atoms with Crippen LogP contribution < -0.4 is 11.1 Å². The zero-order valence-corrected chi connectivity index (χ0v) is 12.0. The Hall–Kier alpha value is -1.46. The molecule has 1 amide bonds. The van der Waals surface area contributed by atoms with Crippen molar-refractivity contribution in [3.63, 3.8) is 0 Å². The Kier molecular flexibility index (Phi) is 4.73. The van der Waals surface area contributed by atoms with E-state index in [0.717, 1.165) is 18.5 Å². The molecular weight excluding hydrogens is 257 g/mol. The van der Waals surface area contributed by atoms with E-state index in [-0.39, 0.29) is 29.8 Å². The molecule has 0 aromatic heterocycles. The highest BCUT2D eigenvalue weighted by Crippen LogP contribution is 2.28. The highest BCUT2D eigenvalue weighted by Gasteiger charge is 2.35. The Morgan fingerprint density at radius 2 is 2.10 bits per heavy atom. The van der Waals surface area contributed by atoms with E-state index in [0.29, 0.717) is 6.54 Å². The number of nitrogens with two attached hydrogens (primary N) is 1. The van der Waals surface area contributed by atoms with Gasteiger partial charge in [-0.2, -0.15) is 0 Å². The summed E-state index contributed by atoms with van der Waals surface area (Å²) >= 11 is 0. The summed E-state index contributed by atoms with van der Waals surface area (Å²) in [5.41, 5.74) is 7.09. The van der Waals surface area contributed by atoms with Gasteiger partial charge in [0.25, 0.3) is 0 Å². The van der Waals surface area contributed by atoms with Gasteiger partial charge in [0.15, 0.2) is 0 Å². The molecule has 3 unspecified atom stereocenters. The molecule has 1 aromatic carbocycles. The van der Waals surface area contributed by atoms with E-state index in [4.69, 9.17) is 5.73 Å². The quantitative estimate of drug-likeness (QED) is 0.876. The summed E-state index contributed by atoms with van der Waals surface area (Å²) in [5.74, 6) is -0.216. The number of hydrogen-bond donors (Lipinski definition) is 2. The number of hydrogen-bond acceptors (Lipinski definition) is 3. The van der Waals surface area contributed by atoms with E-state index in [9.17, 15) is 9.18 Å². The fourth-order valence-corrected chi connectivity index (χ4v) is 2.94. The van der Waals surface area contributed by atoms with Crippen molar-refractivity contribution < 1.29 is 9.18 Å². The number of carbonyl (C=O) groups excluding carboxylic acids is 1. The number of nitrogens with one attached hydrogen (secondary N) is 1. The van der Waals surface area contributed by atoms with Crippen molar-refractivity contribution in [3.05, 3.63) is 35.6 Å². The van der Waals surface area contributed by atoms with Gasteiger partial charge in [0.2, 0.25) is 5.91 Å². The topological polar surface area (TPSA) is 58.4 Å². The fraction of sp³-hybridized carbons (Fsp3) is 0.533. The zero-order chi connectivity index (χ0) is 14.7. The maximum Gasteiger partial charge on any atom is 0.237 e. The molecule has 0 saturated carbocycles. The van der Waals surface area contributed by atoms with Crippen molar-refractivity contribution in [3.8, 4) is 0 Å². The maximum atomic E-state index is 13.1. The number of piperazine rings is 1. The number of benzene rings is 1. The summed E-state index contributed by atoms with van der Waals surface area (Å²) in [4.78, 5) is 14.1. The molecule has 5 heteroatoms. The van der Waals surface area contributed by atoms with E-state index in [2.05, 4.69) is 10.2 Å². The number of rotatable bonds is 4.